The van der Waals surface area contributed by atoms with Crippen LogP contribution in [0.25, 0.3) is 11.1 Å². The van der Waals surface area contributed by atoms with Gasteiger partial charge in [-0.1, -0.05) is 0 Å². The fourth-order valence-corrected chi connectivity index (χ4v) is 5.09. The van der Waals surface area contributed by atoms with Crippen molar-refractivity contribution in [1.29, 1.82) is 5.41 Å². The molecule has 0 radical (unpaired) electrons. The summed E-state index contributed by atoms with van der Waals surface area (Å²) in [5.41, 5.74) is 2.67. The topological polar surface area (TPSA) is 69.1 Å². The summed E-state index contributed by atoms with van der Waals surface area (Å²) in [6.45, 7) is 4.02. The highest BCUT2D eigenvalue weighted by atomic mass is 32.2. The molecule has 0 aliphatic carbocycles. The highest BCUT2D eigenvalue weighted by Crippen LogP contribution is 2.40. The van der Waals surface area contributed by atoms with Crippen LogP contribution in [0.2, 0.25) is 0 Å². The Kier molecular flexibility index (Phi) is 4.40. The lowest BCUT2D eigenvalue weighted by Crippen LogP contribution is -2.65. The van der Waals surface area contributed by atoms with Crippen molar-refractivity contribution < 1.29 is 4.79 Å². The second kappa shape index (κ2) is 6.22. The van der Waals surface area contributed by atoms with Gasteiger partial charge < -0.3 is 5.32 Å². The van der Waals surface area contributed by atoms with Gasteiger partial charge >= 0.3 is 0 Å². The lowest BCUT2D eigenvalue weighted by molar-refractivity contribution is -0.128. The van der Waals surface area contributed by atoms with Crippen molar-refractivity contribution in [2.75, 3.05) is 13.3 Å². The first-order valence-electron chi connectivity index (χ1n) is 7.55. The highest BCUT2D eigenvalue weighted by Gasteiger charge is 2.48. The average molecular weight is 361 g/mol. The molecule has 2 atom stereocenters. The molecular weight excluding hydrogens is 340 g/mol. The Balaban J connectivity index is 2.01. The first-order chi connectivity index (χ1) is 11.4. The van der Waals surface area contributed by atoms with Crippen molar-refractivity contribution >= 4 is 35.0 Å². The molecule has 3 heterocycles. The monoisotopic (exact) mass is 360 g/mol. The van der Waals surface area contributed by atoms with Gasteiger partial charge in [-0.3, -0.25) is 20.1 Å². The molecule has 1 fully saturated rings. The van der Waals surface area contributed by atoms with Crippen LogP contribution in [-0.4, -0.2) is 40.3 Å². The quantitative estimate of drug-likeness (QED) is 0.883. The zero-order valence-corrected chi connectivity index (χ0v) is 15.7. The van der Waals surface area contributed by atoms with Gasteiger partial charge in [-0.2, -0.15) is 0 Å². The fourth-order valence-electron chi connectivity index (χ4n) is 2.93. The normalized spacial score (nSPS) is 24.2. The van der Waals surface area contributed by atoms with Crippen molar-refractivity contribution in [3.63, 3.8) is 0 Å². The molecule has 0 bridgehead atoms. The summed E-state index contributed by atoms with van der Waals surface area (Å²) < 4.78 is 0. The largest absolute Gasteiger partial charge is 0.344 e. The summed E-state index contributed by atoms with van der Waals surface area (Å²) in [6, 6.07) is 4.20. The van der Waals surface area contributed by atoms with Crippen molar-refractivity contribution in [1.82, 2.24) is 15.2 Å². The van der Waals surface area contributed by atoms with Crippen LogP contribution in [0.15, 0.2) is 29.9 Å². The van der Waals surface area contributed by atoms with Gasteiger partial charge in [-0.15, -0.1) is 23.1 Å². The van der Waals surface area contributed by atoms with Crippen molar-refractivity contribution in [3.05, 3.63) is 40.3 Å². The van der Waals surface area contributed by atoms with Crippen LogP contribution in [0.3, 0.4) is 0 Å². The van der Waals surface area contributed by atoms with Crippen molar-refractivity contribution in [3.8, 4) is 11.1 Å². The molecule has 1 aliphatic rings. The third-order valence-corrected chi connectivity index (χ3v) is 6.66. The third kappa shape index (κ3) is 2.71. The second-order valence-corrected chi connectivity index (χ2v) is 7.99. The number of nitrogens with one attached hydrogen (secondary N) is 2. The van der Waals surface area contributed by atoms with Gasteiger partial charge in [0.25, 0.3) is 0 Å². The van der Waals surface area contributed by atoms with Gasteiger partial charge in [0.1, 0.15) is 5.25 Å². The predicted octanol–water partition coefficient (Wildman–Crippen LogP) is 3.06. The molecule has 5 nitrogen and oxygen atoms in total. The summed E-state index contributed by atoms with van der Waals surface area (Å²) in [5.74, 6) is 0.0981. The van der Waals surface area contributed by atoms with E-state index >= 15 is 0 Å². The van der Waals surface area contributed by atoms with Crippen LogP contribution < -0.4 is 5.32 Å². The van der Waals surface area contributed by atoms with Crippen LogP contribution in [-0.2, 0) is 10.3 Å². The van der Waals surface area contributed by atoms with Crippen LogP contribution in [0.4, 0.5) is 0 Å². The first-order valence-corrected chi connectivity index (χ1v) is 9.71. The summed E-state index contributed by atoms with van der Waals surface area (Å²) in [6.07, 6.45) is 5.62. The van der Waals surface area contributed by atoms with E-state index in [0.29, 0.717) is 0 Å². The highest BCUT2D eigenvalue weighted by molar-refractivity contribution is 8.00. The van der Waals surface area contributed by atoms with E-state index in [1.165, 1.54) is 16.7 Å². The number of hydrogen-bond donors (Lipinski definition) is 2. The van der Waals surface area contributed by atoms with Gasteiger partial charge in [-0.05, 0) is 48.7 Å². The summed E-state index contributed by atoms with van der Waals surface area (Å²) >= 11 is 3.12. The summed E-state index contributed by atoms with van der Waals surface area (Å²) in [7, 11) is 1.64. The zero-order valence-electron chi connectivity index (χ0n) is 14.1. The van der Waals surface area contributed by atoms with Crippen LogP contribution in [0.5, 0.6) is 0 Å². The summed E-state index contributed by atoms with van der Waals surface area (Å²) in [5, 5.41) is 13.1. The SMILES string of the molecule is CSC1C(=O)N(C)C(=N)N[C@]1(C)c1cc(-c2cncc(C)c2)cs1. The number of carbonyl (C=O) groups is 1. The minimum absolute atomic E-state index is 0.0408. The third-order valence-electron chi connectivity index (χ3n) is 4.35. The second-order valence-electron chi connectivity index (χ2n) is 6.14. The lowest BCUT2D eigenvalue weighted by Gasteiger charge is -2.44. The number of hydrogen-bond acceptors (Lipinski definition) is 5. The van der Waals surface area contributed by atoms with Crippen LogP contribution in [0, 0.1) is 12.3 Å². The molecule has 7 heteroatoms. The van der Waals surface area contributed by atoms with Crippen molar-refractivity contribution in [2.24, 2.45) is 0 Å². The minimum Gasteiger partial charge on any atom is -0.344 e. The van der Waals surface area contributed by atoms with Gasteiger partial charge in [0.2, 0.25) is 5.91 Å². The molecule has 3 rings (SSSR count). The Labute approximate surface area is 150 Å². The van der Waals surface area contributed by atoms with Gasteiger partial charge in [0.05, 0.1) is 5.54 Å². The standard InChI is InChI=1S/C17H20N4OS2/c1-10-5-11(8-19-7-10)12-6-13(24-9-12)17(2)14(23-4)15(22)21(3)16(18)20-17/h5-9,14H,1-4H3,(H2,18,20)/t14?,17-/m1/s1. The van der Waals surface area contributed by atoms with Gasteiger partial charge in [-0.25, -0.2) is 0 Å². The minimum atomic E-state index is -0.597. The molecule has 0 aromatic carbocycles. The van der Waals surface area contributed by atoms with E-state index in [2.05, 4.69) is 27.8 Å². The van der Waals surface area contributed by atoms with Gasteiger partial charge in [0.15, 0.2) is 5.96 Å². The maximum absolute atomic E-state index is 12.6. The Hall–Kier alpha value is -1.86. The fraction of sp³-hybridized carbons (Fsp3) is 0.353. The van der Waals surface area contributed by atoms with E-state index in [9.17, 15) is 4.79 Å². The van der Waals surface area contributed by atoms with Gasteiger partial charge in [0, 0.05) is 29.9 Å². The molecule has 126 valence electrons. The molecule has 0 saturated carbocycles. The van der Waals surface area contributed by atoms with E-state index in [1.54, 1.807) is 18.4 Å². The number of guanidine groups is 1. The molecule has 1 aliphatic heterocycles. The number of aromatic nitrogens is 1. The maximum Gasteiger partial charge on any atom is 0.244 e. The number of aryl methyl sites for hydroxylation is 1. The molecule has 24 heavy (non-hydrogen) atoms. The molecule has 0 spiro atoms. The predicted molar refractivity (Wildman–Crippen MR) is 101 cm³/mol. The number of pyridine rings is 1. The number of amides is 1. The van der Waals surface area contributed by atoms with E-state index in [-0.39, 0.29) is 17.1 Å². The van der Waals surface area contributed by atoms with E-state index < -0.39 is 5.54 Å². The Morgan fingerprint density at radius 3 is 2.79 bits per heavy atom. The van der Waals surface area contributed by atoms with E-state index in [0.717, 1.165) is 21.6 Å². The number of thioether (sulfide) groups is 1. The Morgan fingerprint density at radius 2 is 2.12 bits per heavy atom. The summed E-state index contributed by atoms with van der Waals surface area (Å²) in [4.78, 5) is 19.3. The molecule has 1 amide bonds. The van der Waals surface area contributed by atoms with Crippen LogP contribution in [0.1, 0.15) is 17.4 Å². The Morgan fingerprint density at radius 1 is 1.38 bits per heavy atom. The van der Waals surface area contributed by atoms with Crippen LogP contribution >= 0.6 is 23.1 Å². The molecule has 1 unspecified atom stereocenters. The number of nitrogens with zero attached hydrogens (tertiary/aromatic N) is 2. The molecular formula is C17H20N4OS2. The molecule has 2 N–H and O–H groups in total. The Bertz CT molecular complexity index is 803. The van der Waals surface area contributed by atoms with E-state index in [4.69, 9.17) is 5.41 Å². The average Bonchev–Trinajstić information content (AvgIpc) is 3.04. The lowest BCUT2D eigenvalue weighted by atomic mass is 9.91. The molecule has 2 aromatic heterocycles. The number of carbonyl (C=O) groups excluding carboxylic acids is 1. The zero-order chi connectivity index (χ0) is 17.5. The molecule has 1 saturated heterocycles. The van der Waals surface area contributed by atoms with Crippen molar-refractivity contribution in [2.45, 2.75) is 24.6 Å². The molecule has 2 aromatic rings. The number of thiophene rings is 1. The smallest absolute Gasteiger partial charge is 0.244 e. The first kappa shape index (κ1) is 17.0. The van der Waals surface area contributed by atoms with E-state index in [1.807, 2.05) is 32.5 Å². The maximum atomic E-state index is 12.6. The number of rotatable bonds is 3.